The van der Waals surface area contributed by atoms with E-state index in [9.17, 15) is 24.3 Å². The minimum absolute atomic E-state index is 0.145. The fraction of sp³-hybridized carbons (Fsp3) is 0.303. The molecule has 1 aliphatic rings. The zero-order valence-corrected chi connectivity index (χ0v) is 25.7. The number of hydrogen-bond donors (Lipinski definition) is 3. The molecule has 2 aromatic carbocycles. The Hall–Kier alpha value is -4.48. The first kappa shape index (κ1) is 32.4. The quantitative estimate of drug-likeness (QED) is 0.170. The number of aliphatic hydroxyl groups excluding tert-OH is 1. The number of aromatic nitrogens is 1. The molecule has 4 rings (SSSR count). The van der Waals surface area contributed by atoms with E-state index in [0.29, 0.717) is 5.56 Å². The van der Waals surface area contributed by atoms with Crippen molar-refractivity contribution in [3.8, 4) is 5.75 Å². The molecular weight excluding hydrogens is 580 g/mol. The largest absolute Gasteiger partial charge is 0.423 e. The number of thioether (sulfide) groups is 1. The second-order valence-corrected chi connectivity index (χ2v) is 12.5. The van der Waals surface area contributed by atoms with Crippen molar-refractivity contribution >= 4 is 35.5 Å². The Bertz CT molecular complexity index is 1520. The molecule has 230 valence electrons. The molecule has 1 aromatic heterocycles. The summed E-state index contributed by atoms with van der Waals surface area (Å²) in [4.78, 5) is 58.4. The molecule has 0 saturated carbocycles. The summed E-state index contributed by atoms with van der Waals surface area (Å²) >= 11 is 1.43. The van der Waals surface area contributed by atoms with E-state index in [1.54, 1.807) is 49.5 Å². The molecule has 10 nitrogen and oxygen atoms in total. The first-order valence-corrected chi connectivity index (χ1v) is 15.1. The smallest absolute Gasteiger partial charge is 0.345 e. The topological polar surface area (TPSA) is 138 Å². The van der Waals surface area contributed by atoms with Crippen molar-refractivity contribution in [3.05, 3.63) is 108 Å². The summed E-state index contributed by atoms with van der Waals surface area (Å²) in [5, 5.41) is 17.1. The molecule has 3 aromatic rings. The van der Waals surface area contributed by atoms with E-state index in [4.69, 9.17) is 4.74 Å². The molecule has 3 atom stereocenters. The summed E-state index contributed by atoms with van der Waals surface area (Å²) in [5.74, 6) is -1.82. The lowest BCUT2D eigenvalue weighted by Crippen LogP contribution is -2.58. The van der Waals surface area contributed by atoms with Gasteiger partial charge in [0.1, 0.15) is 11.8 Å². The lowest BCUT2D eigenvalue weighted by atomic mass is 9.96. The van der Waals surface area contributed by atoms with Crippen molar-refractivity contribution < 1.29 is 29.0 Å². The number of aliphatic hydroxyl groups is 1. The van der Waals surface area contributed by atoms with Crippen LogP contribution in [-0.2, 0) is 16.0 Å². The third-order valence-corrected chi connectivity index (χ3v) is 8.75. The van der Waals surface area contributed by atoms with Gasteiger partial charge in [-0.05, 0) is 57.0 Å². The molecule has 2 heterocycles. The average molecular weight is 617 g/mol. The molecule has 1 fully saturated rings. The van der Waals surface area contributed by atoms with Gasteiger partial charge in [0.05, 0.1) is 17.5 Å². The highest BCUT2D eigenvalue weighted by atomic mass is 32.2. The van der Waals surface area contributed by atoms with Gasteiger partial charge in [0.2, 0.25) is 5.91 Å². The molecule has 44 heavy (non-hydrogen) atoms. The van der Waals surface area contributed by atoms with Crippen molar-refractivity contribution in [1.29, 1.82) is 0 Å². The Balaban J connectivity index is 1.58. The summed E-state index contributed by atoms with van der Waals surface area (Å²) < 4.78 is 4.93. The van der Waals surface area contributed by atoms with Crippen LogP contribution in [0.4, 0.5) is 0 Å². The van der Waals surface area contributed by atoms with Gasteiger partial charge >= 0.3 is 5.97 Å². The van der Waals surface area contributed by atoms with Gasteiger partial charge in [-0.1, -0.05) is 42.5 Å². The number of esters is 1. The third kappa shape index (κ3) is 7.53. The minimum Gasteiger partial charge on any atom is -0.423 e. The predicted molar refractivity (Wildman–Crippen MR) is 168 cm³/mol. The van der Waals surface area contributed by atoms with E-state index in [1.165, 1.54) is 22.9 Å². The maximum atomic E-state index is 13.8. The number of nitrogens with one attached hydrogen (secondary N) is 2. The summed E-state index contributed by atoms with van der Waals surface area (Å²) in [6, 6.07) is 15.2. The summed E-state index contributed by atoms with van der Waals surface area (Å²) in [7, 11) is 0. The van der Waals surface area contributed by atoms with Gasteiger partial charge in [0, 0.05) is 34.8 Å². The molecule has 0 aliphatic carbocycles. The van der Waals surface area contributed by atoms with Gasteiger partial charge in [0.15, 0.2) is 6.10 Å². The fourth-order valence-electron chi connectivity index (χ4n) is 4.99. The Morgan fingerprint density at radius 1 is 1.14 bits per heavy atom. The third-order valence-electron chi connectivity index (χ3n) is 7.38. The molecule has 0 bridgehead atoms. The maximum absolute atomic E-state index is 13.8. The molecule has 0 radical (unpaired) electrons. The first-order chi connectivity index (χ1) is 21.0. The normalized spacial score (nSPS) is 16.8. The number of rotatable bonds is 11. The van der Waals surface area contributed by atoms with Crippen molar-refractivity contribution in [3.63, 3.8) is 0 Å². The maximum Gasteiger partial charge on any atom is 0.345 e. The van der Waals surface area contributed by atoms with E-state index in [1.807, 2.05) is 44.2 Å². The van der Waals surface area contributed by atoms with E-state index in [0.717, 1.165) is 5.56 Å². The van der Waals surface area contributed by atoms with E-state index in [2.05, 4.69) is 22.2 Å². The van der Waals surface area contributed by atoms with Crippen LogP contribution in [-0.4, -0.2) is 74.0 Å². The number of nitrogens with zero attached hydrogens (tertiary/aromatic N) is 2. The zero-order valence-electron chi connectivity index (χ0n) is 24.9. The van der Waals surface area contributed by atoms with Crippen LogP contribution in [0.25, 0.3) is 0 Å². The van der Waals surface area contributed by atoms with Gasteiger partial charge in [-0.15, -0.1) is 18.3 Å². The van der Waals surface area contributed by atoms with Gasteiger partial charge in [0.25, 0.3) is 11.8 Å². The standard InChI is InChI=1S/C33H36N4O6S/c1-5-16-35-30(40)28-33(3,4)44-20-37(28)31(41)27(38)25(18-22-11-7-6-8-12-22)36-29(39)24-14-9-15-26(21(24)2)43-32(42)23-13-10-17-34-19-23/h5-15,17,19,25,27-28,38H,1,16,18,20H2,2-4H3,(H,35,40)(H,36,39)/t25?,27-,28?/m0/s1. The first-order valence-electron chi connectivity index (χ1n) is 14.1. The SMILES string of the molecule is C=CCNC(=O)C1N(C(=O)[C@@H](O)C(Cc2ccccc2)NC(=O)c2cccc(OC(=O)c3cccnc3)c2C)CSC1(C)C. The van der Waals surface area contributed by atoms with Crippen LogP contribution in [0, 0.1) is 6.92 Å². The minimum atomic E-state index is -1.66. The Labute approximate surface area is 260 Å². The van der Waals surface area contributed by atoms with Gasteiger partial charge < -0.3 is 25.4 Å². The molecule has 1 aliphatic heterocycles. The highest BCUT2D eigenvalue weighted by Gasteiger charge is 2.49. The van der Waals surface area contributed by atoms with Crippen LogP contribution < -0.4 is 15.4 Å². The summed E-state index contributed by atoms with van der Waals surface area (Å²) in [5.41, 5.74) is 1.65. The number of hydrogen-bond acceptors (Lipinski definition) is 8. The molecule has 0 spiro atoms. The number of benzene rings is 2. The van der Waals surface area contributed by atoms with Crippen LogP contribution >= 0.6 is 11.8 Å². The summed E-state index contributed by atoms with van der Waals surface area (Å²) in [6.45, 7) is 9.25. The Morgan fingerprint density at radius 2 is 1.89 bits per heavy atom. The molecular formula is C33H36N4O6S. The lowest BCUT2D eigenvalue weighted by molar-refractivity contribution is -0.147. The van der Waals surface area contributed by atoms with Crippen LogP contribution in [0.3, 0.4) is 0 Å². The second-order valence-electron chi connectivity index (χ2n) is 10.9. The highest BCUT2D eigenvalue weighted by Crippen LogP contribution is 2.40. The molecule has 3 amide bonds. The van der Waals surface area contributed by atoms with Crippen molar-refractivity contribution in [2.45, 2.75) is 50.1 Å². The average Bonchev–Trinajstić information content (AvgIpc) is 3.35. The van der Waals surface area contributed by atoms with Crippen LogP contribution in [0.2, 0.25) is 0 Å². The van der Waals surface area contributed by atoms with Crippen LogP contribution in [0.1, 0.15) is 45.7 Å². The van der Waals surface area contributed by atoms with Crippen LogP contribution in [0.5, 0.6) is 5.75 Å². The summed E-state index contributed by atoms with van der Waals surface area (Å²) in [6.07, 6.45) is 2.96. The molecule has 1 saturated heterocycles. The highest BCUT2D eigenvalue weighted by molar-refractivity contribution is 8.00. The molecule has 11 heteroatoms. The molecule has 2 unspecified atom stereocenters. The predicted octanol–water partition coefficient (Wildman–Crippen LogP) is 3.29. The fourth-order valence-corrected chi connectivity index (χ4v) is 6.13. The number of carbonyl (C=O) groups excluding carboxylic acids is 4. The lowest BCUT2D eigenvalue weighted by Gasteiger charge is -2.33. The Kier molecular flexibility index (Phi) is 10.6. The van der Waals surface area contributed by atoms with Crippen molar-refractivity contribution in [1.82, 2.24) is 20.5 Å². The number of amides is 3. The number of ether oxygens (including phenoxy) is 1. The van der Waals surface area contributed by atoms with Crippen molar-refractivity contribution in [2.24, 2.45) is 0 Å². The van der Waals surface area contributed by atoms with Gasteiger partial charge in [-0.25, -0.2) is 4.79 Å². The van der Waals surface area contributed by atoms with E-state index < -0.39 is 40.7 Å². The van der Waals surface area contributed by atoms with Gasteiger partial charge in [-0.2, -0.15) is 0 Å². The second kappa shape index (κ2) is 14.3. The number of carbonyl (C=O) groups is 4. The zero-order chi connectivity index (χ0) is 31.9. The van der Waals surface area contributed by atoms with E-state index >= 15 is 0 Å². The molecule has 3 N–H and O–H groups in total. The Morgan fingerprint density at radius 3 is 2.57 bits per heavy atom. The van der Waals surface area contributed by atoms with Crippen molar-refractivity contribution in [2.75, 3.05) is 12.4 Å². The monoisotopic (exact) mass is 616 g/mol. The van der Waals surface area contributed by atoms with E-state index in [-0.39, 0.29) is 41.6 Å². The van der Waals surface area contributed by atoms with Crippen LogP contribution in [0.15, 0.2) is 85.7 Å². The number of pyridine rings is 1. The van der Waals surface area contributed by atoms with Gasteiger partial charge in [-0.3, -0.25) is 19.4 Å².